The Bertz CT molecular complexity index is 659. The van der Waals surface area contributed by atoms with E-state index in [1.807, 2.05) is 50.2 Å². The van der Waals surface area contributed by atoms with Crippen LogP contribution in [-0.2, 0) is 0 Å². The summed E-state index contributed by atoms with van der Waals surface area (Å²) < 4.78 is 6.58. The highest BCUT2D eigenvalue weighted by Gasteiger charge is 2.03. The van der Waals surface area contributed by atoms with E-state index in [0.717, 1.165) is 21.5 Å². The van der Waals surface area contributed by atoms with Gasteiger partial charge in [0.2, 0.25) is 0 Å². The fourth-order valence-electron chi connectivity index (χ4n) is 2.03. The molecular weight excluding hydrogens is 344 g/mol. The van der Waals surface area contributed by atoms with E-state index in [0.29, 0.717) is 13.2 Å². The monoisotopic (exact) mass is 362 g/mol. The number of ether oxygens (including phenoxy) is 1. The third-order valence-electron chi connectivity index (χ3n) is 3.06. The topological polar surface area (TPSA) is 50.4 Å². The quantitative estimate of drug-likeness (QED) is 0.780. The molecule has 2 aromatic carbocycles. The minimum Gasteiger partial charge on any atom is -0.491 e. The zero-order valence-corrected chi connectivity index (χ0v) is 14.2. The van der Waals surface area contributed by atoms with E-state index >= 15 is 0 Å². The van der Waals surface area contributed by atoms with Crippen molar-refractivity contribution in [1.82, 2.24) is 5.32 Å². The highest BCUT2D eigenvalue weighted by Crippen LogP contribution is 2.18. The van der Waals surface area contributed by atoms with Crippen LogP contribution in [0, 0.1) is 13.8 Å². The van der Waals surface area contributed by atoms with E-state index in [1.165, 1.54) is 5.56 Å². The number of urea groups is 1. The molecule has 0 radical (unpaired) electrons. The molecular formula is C17H19BrN2O2. The minimum atomic E-state index is -0.248. The predicted octanol–water partition coefficient (Wildman–Crippen LogP) is 4.27. The van der Waals surface area contributed by atoms with Crippen LogP contribution >= 0.6 is 15.9 Å². The van der Waals surface area contributed by atoms with Gasteiger partial charge in [-0.05, 0) is 43.7 Å². The number of halogens is 1. The summed E-state index contributed by atoms with van der Waals surface area (Å²) in [5, 5.41) is 5.53. The second-order valence-electron chi connectivity index (χ2n) is 5.01. The first-order valence-electron chi connectivity index (χ1n) is 7.05. The van der Waals surface area contributed by atoms with Crippen LogP contribution in [0.15, 0.2) is 46.9 Å². The van der Waals surface area contributed by atoms with E-state index in [4.69, 9.17) is 4.74 Å². The summed E-state index contributed by atoms with van der Waals surface area (Å²) in [6.07, 6.45) is 0. The molecule has 22 heavy (non-hydrogen) atoms. The fourth-order valence-corrected chi connectivity index (χ4v) is 2.43. The van der Waals surface area contributed by atoms with Gasteiger partial charge in [0.1, 0.15) is 12.4 Å². The fraction of sp³-hybridized carbons (Fsp3) is 0.235. The molecule has 0 aliphatic heterocycles. The van der Waals surface area contributed by atoms with Gasteiger partial charge < -0.3 is 15.4 Å². The van der Waals surface area contributed by atoms with Crippen molar-refractivity contribution in [2.75, 3.05) is 18.5 Å². The first-order chi connectivity index (χ1) is 10.5. The maximum Gasteiger partial charge on any atom is 0.319 e. The van der Waals surface area contributed by atoms with E-state index in [2.05, 4.69) is 32.6 Å². The number of rotatable bonds is 5. The van der Waals surface area contributed by atoms with Crippen LogP contribution in [0.3, 0.4) is 0 Å². The van der Waals surface area contributed by atoms with Gasteiger partial charge in [0.25, 0.3) is 0 Å². The summed E-state index contributed by atoms with van der Waals surface area (Å²) >= 11 is 3.36. The lowest BCUT2D eigenvalue weighted by Crippen LogP contribution is -2.32. The molecule has 5 heteroatoms. The van der Waals surface area contributed by atoms with Crippen LogP contribution in [0.25, 0.3) is 0 Å². The van der Waals surface area contributed by atoms with Crippen molar-refractivity contribution >= 4 is 27.6 Å². The van der Waals surface area contributed by atoms with Gasteiger partial charge in [0.05, 0.1) is 6.54 Å². The van der Waals surface area contributed by atoms with E-state index in [-0.39, 0.29) is 6.03 Å². The van der Waals surface area contributed by atoms with Gasteiger partial charge in [-0.2, -0.15) is 0 Å². The molecule has 0 saturated carbocycles. The van der Waals surface area contributed by atoms with Gasteiger partial charge in [-0.25, -0.2) is 4.79 Å². The van der Waals surface area contributed by atoms with Crippen LogP contribution in [0.5, 0.6) is 5.75 Å². The lowest BCUT2D eigenvalue weighted by Gasteiger charge is -2.11. The number of aryl methyl sites for hydroxylation is 2. The molecule has 2 aromatic rings. The van der Waals surface area contributed by atoms with Crippen molar-refractivity contribution in [3.8, 4) is 5.75 Å². The normalized spacial score (nSPS) is 10.1. The number of anilines is 1. The summed E-state index contributed by atoms with van der Waals surface area (Å²) in [6, 6.07) is 13.2. The van der Waals surface area contributed by atoms with Gasteiger partial charge in [0.15, 0.2) is 0 Å². The molecule has 116 valence electrons. The molecule has 0 heterocycles. The summed E-state index contributed by atoms with van der Waals surface area (Å²) in [4.78, 5) is 11.8. The first kappa shape index (κ1) is 16.4. The smallest absolute Gasteiger partial charge is 0.319 e. The lowest BCUT2D eigenvalue weighted by molar-refractivity contribution is 0.247. The lowest BCUT2D eigenvalue weighted by atomic mass is 10.1. The molecule has 0 aliphatic rings. The van der Waals surface area contributed by atoms with Crippen molar-refractivity contribution in [3.63, 3.8) is 0 Å². The second-order valence-corrected chi connectivity index (χ2v) is 5.92. The highest BCUT2D eigenvalue weighted by molar-refractivity contribution is 9.10. The average Bonchev–Trinajstić information content (AvgIpc) is 2.45. The molecule has 0 bridgehead atoms. The van der Waals surface area contributed by atoms with E-state index < -0.39 is 0 Å². The number of benzene rings is 2. The van der Waals surface area contributed by atoms with Crippen LogP contribution < -0.4 is 15.4 Å². The van der Waals surface area contributed by atoms with E-state index in [9.17, 15) is 4.79 Å². The van der Waals surface area contributed by atoms with Crippen LogP contribution in [0.1, 0.15) is 11.1 Å². The Labute approximate surface area is 139 Å². The summed E-state index contributed by atoms with van der Waals surface area (Å²) in [5.74, 6) is 0.847. The maximum atomic E-state index is 11.8. The molecule has 0 aliphatic carbocycles. The molecule has 2 N–H and O–H groups in total. The molecule has 0 fully saturated rings. The molecule has 0 spiro atoms. The first-order valence-corrected chi connectivity index (χ1v) is 7.84. The van der Waals surface area contributed by atoms with Crippen LogP contribution in [-0.4, -0.2) is 19.2 Å². The summed E-state index contributed by atoms with van der Waals surface area (Å²) in [7, 11) is 0. The van der Waals surface area contributed by atoms with Crippen molar-refractivity contribution in [2.45, 2.75) is 13.8 Å². The third-order valence-corrected chi connectivity index (χ3v) is 3.55. The summed E-state index contributed by atoms with van der Waals surface area (Å²) in [5.41, 5.74) is 3.04. The Morgan fingerprint density at radius 2 is 2.00 bits per heavy atom. The Morgan fingerprint density at radius 1 is 1.18 bits per heavy atom. The number of carbonyl (C=O) groups is 1. The van der Waals surface area contributed by atoms with Crippen molar-refractivity contribution in [3.05, 3.63) is 58.1 Å². The van der Waals surface area contributed by atoms with Crippen molar-refractivity contribution in [2.24, 2.45) is 0 Å². The number of nitrogens with one attached hydrogen (secondary N) is 2. The molecule has 0 aromatic heterocycles. The van der Waals surface area contributed by atoms with Crippen LogP contribution in [0.4, 0.5) is 10.5 Å². The van der Waals surface area contributed by atoms with Gasteiger partial charge >= 0.3 is 6.03 Å². The molecule has 0 saturated heterocycles. The van der Waals surface area contributed by atoms with Crippen molar-refractivity contribution < 1.29 is 9.53 Å². The summed E-state index contributed by atoms with van der Waals surface area (Å²) in [6.45, 7) is 4.92. The zero-order chi connectivity index (χ0) is 15.9. The van der Waals surface area contributed by atoms with Gasteiger partial charge in [-0.15, -0.1) is 0 Å². The maximum absolute atomic E-state index is 11.8. The Kier molecular flexibility index (Phi) is 5.83. The largest absolute Gasteiger partial charge is 0.491 e. The molecule has 4 nitrogen and oxygen atoms in total. The average molecular weight is 363 g/mol. The molecule has 2 rings (SSSR count). The standard InChI is InChI=1S/C17H19BrN2O2/c1-12-6-7-16(13(2)10-12)22-9-8-19-17(21)20-15-5-3-4-14(18)11-15/h3-7,10-11H,8-9H2,1-2H3,(H2,19,20,21). The van der Waals surface area contributed by atoms with Gasteiger partial charge in [-0.1, -0.05) is 39.7 Å². The number of hydrogen-bond donors (Lipinski definition) is 2. The minimum absolute atomic E-state index is 0.248. The van der Waals surface area contributed by atoms with Gasteiger partial charge in [0, 0.05) is 10.2 Å². The zero-order valence-electron chi connectivity index (χ0n) is 12.7. The molecule has 0 unspecified atom stereocenters. The van der Waals surface area contributed by atoms with Crippen molar-refractivity contribution in [1.29, 1.82) is 0 Å². The number of carbonyl (C=O) groups excluding carboxylic acids is 1. The Morgan fingerprint density at radius 3 is 2.73 bits per heavy atom. The third kappa shape index (κ3) is 5.07. The van der Waals surface area contributed by atoms with Crippen LogP contribution in [0.2, 0.25) is 0 Å². The highest BCUT2D eigenvalue weighted by atomic mass is 79.9. The Hall–Kier alpha value is -2.01. The Balaban J connectivity index is 1.73. The molecule has 0 atom stereocenters. The van der Waals surface area contributed by atoms with E-state index in [1.54, 1.807) is 0 Å². The predicted molar refractivity (Wildman–Crippen MR) is 92.6 cm³/mol. The SMILES string of the molecule is Cc1ccc(OCCNC(=O)Nc2cccc(Br)c2)c(C)c1. The van der Waals surface area contributed by atoms with Gasteiger partial charge in [-0.3, -0.25) is 0 Å². The number of hydrogen-bond acceptors (Lipinski definition) is 2. The second kappa shape index (κ2) is 7.84. The molecule has 2 amide bonds. The number of amides is 2.